The lowest BCUT2D eigenvalue weighted by Gasteiger charge is -2.09. The van der Waals surface area contributed by atoms with Crippen molar-refractivity contribution in [3.05, 3.63) is 42.7 Å². The van der Waals surface area contributed by atoms with Gasteiger partial charge in [-0.1, -0.05) is 0 Å². The molecule has 3 aromatic rings. The monoisotopic (exact) mass is 370 g/mol. The summed E-state index contributed by atoms with van der Waals surface area (Å²) >= 11 is 0. The molecule has 2 heterocycles. The van der Waals surface area contributed by atoms with Crippen LogP contribution in [0.5, 0.6) is 0 Å². The molecule has 0 radical (unpaired) electrons. The molecular formula is C17H22N8O2. The molecule has 142 valence electrons. The maximum absolute atomic E-state index is 12.1. The predicted octanol–water partition coefficient (Wildman–Crippen LogP) is 1.08. The molecule has 0 saturated carbocycles. The van der Waals surface area contributed by atoms with E-state index in [1.807, 2.05) is 40.4 Å². The van der Waals surface area contributed by atoms with Crippen LogP contribution in [0.4, 0.5) is 10.5 Å². The molecule has 2 N–H and O–H groups in total. The van der Waals surface area contributed by atoms with Gasteiger partial charge in [-0.3, -0.25) is 0 Å². The third kappa shape index (κ3) is 4.88. The molecule has 2 aromatic heterocycles. The van der Waals surface area contributed by atoms with Crippen LogP contribution in [0.1, 0.15) is 5.82 Å². The second-order valence-corrected chi connectivity index (χ2v) is 5.91. The summed E-state index contributed by atoms with van der Waals surface area (Å²) in [4.78, 5) is 12.1. The minimum Gasteiger partial charge on any atom is -0.383 e. The molecule has 10 heteroatoms. The molecule has 0 aliphatic carbocycles. The molecule has 0 aliphatic rings. The van der Waals surface area contributed by atoms with Gasteiger partial charge in [0.2, 0.25) is 0 Å². The van der Waals surface area contributed by atoms with Gasteiger partial charge in [-0.25, -0.2) is 4.79 Å². The van der Waals surface area contributed by atoms with Crippen LogP contribution in [0.2, 0.25) is 0 Å². The maximum Gasteiger partial charge on any atom is 0.319 e. The molecule has 0 unspecified atom stereocenters. The third-order valence-electron chi connectivity index (χ3n) is 3.98. The predicted molar refractivity (Wildman–Crippen MR) is 99.1 cm³/mol. The van der Waals surface area contributed by atoms with E-state index in [1.54, 1.807) is 19.8 Å². The molecule has 0 fully saturated rings. The summed E-state index contributed by atoms with van der Waals surface area (Å²) in [7, 11) is 3.53. The molecule has 0 aliphatic heterocycles. The fourth-order valence-corrected chi connectivity index (χ4v) is 2.56. The van der Waals surface area contributed by atoms with Crippen molar-refractivity contribution in [1.82, 2.24) is 34.8 Å². The quantitative estimate of drug-likeness (QED) is 0.614. The van der Waals surface area contributed by atoms with Crippen LogP contribution in [-0.2, 0) is 24.8 Å². The van der Waals surface area contributed by atoms with E-state index in [9.17, 15) is 4.79 Å². The standard InChI is InChI=1S/C17H22N8O2/c1-24-11-19-23-16(24)13-3-5-14(6-4-13)21-17(26)18-8-7-15-22-20-12-25(15)9-10-27-2/h3-6,11-12H,7-10H2,1-2H3,(H2,18,21,26). The van der Waals surface area contributed by atoms with Gasteiger partial charge in [0.05, 0.1) is 6.61 Å². The highest BCUT2D eigenvalue weighted by molar-refractivity contribution is 5.89. The van der Waals surface area contributed by atoms with E-state index < -0.39 is 0 Å². The first-order chi connectivity index (χ1) is 13.2. The highest BCUT2D eigenvalue weighted by atomic mass is 16.5. The summed E-state index contributed by atoms with van der Waals surface area (Å²) in [6.07, 6.45) is 3.89. The number of aryl methyl sites for hydroxylation is 1. The maximum atomic E-state index is 12.1. The molecule has 2 amide bonds. The van der Waals surface area contributed by atoms with E-state index in [4.69, 9.17) is 4.74 Å². The van der Waals surface area contributed by atoms with Crippen molar-refractivity contribution in [2.24, 2.45) is 7.05 Å². The Labute approximate surface area is 156 Å². The van der Waals surface area contributed by atoms with Crippen molar-refractivity contribution in [1.29, 1.82) is 0 Å². The summed E-state index contributed by atoms with van der Waals surface area (Å²) in [5.74, 6) is 1.57. The van der Waals surface area contributed by atoms with Crippen molar-refractivity contribution in [3.63, 3.8) is 0 Å². The number of rotatable bonds is 8. The van der Waals surface area contributed by atoms with Crippen molar-refractivity contribution in [2.45, 2.75) is 13.0 Å². The summed E-state index contributed by atoms with van der Waals surface area (Å²) in [5, 5.41) is 21.5. The topological polar surface area (TPSA) is 112 Å². The first-order valence-electron chi connectivity index (χ1n) is 8.52. The molecule has 0 saturated heterocycles. The number of nitrogens with zero attached hydrogens (tertiary/aromatic N) is 6. The SMILES string of the molecule is COCCn1cnnc1CCNC(=O)Nc1ccc(-c2nncn2C)cc1. The number of carbonyl (C=O) groups excluding carboxylic acids is 1. The van der Waals surface area contributed by atoms with E-state index in [-0.39, 0.29) is 6.03 Å². The Balaban J connectivity index is 1.47. The average molecular weight is 370 g/mol. The van der Waals surface area contributed by atoms with Crippen molar-refractivity contribution in [2.75, 3.05) is 25.6 Å². The van der Waals surface area contributed by atoms with E-state index in [1.165, 1.54) is 0 Å². The Kier molecular flexibility index (Phi) is 6.10. The lowest BCUT2D eigenvalue weighted by Crippen LogP contribution is -2.31. The van der Waals surface area contributed by atoms with Crippen molar-refractivity contribution in [3.8, 4) is 11.4 Å². The first kappa shape index (κ1) is 18.5. The van der Waals surface area contributed by atoms with E-state index >= 15 is 0 Å². The van der Waals surface area contributed by atoms with Crippen LogP contribution in [0.15, 0.2) is 36.9 Å². The van der Waals surface area contributed by atoms with Crippen LogP contribution >= 0.6 is 0 Å². The second kappa shape index (κ2) is 8.90. The lowest BCUT2D eigenvalue weighted by atomic mass is 10.2. The first-order valence-corrected chi connectivity index (χ1v) is 8.52. The van der Waals surface area contributed by atoms with Crippen LogP contribution in [-0.4, -0.2) is 55.8 Å². The van der Waals surface area contributed by atoms with Crippen LogP contribution in [0.3, 0.4) is 0 Å². The zero-order valence-corrected chi connectivity index (χ0v) is 15.3. The van der Waals surface area contributed by atoms with Gasteiger partial charge in [0.1, 0.15) is 18.5 Å². The van der Waals surface area contributed by atoms with Gasteiger partial charge in [0.25, 0.3) is 0 Å². The van der Waals surface area contributed by atoms with Gasteiger partial charge < -0.3 is 24.5 Å². The van der Waals surface area contributed by atoms with Gasteiger partial charge in [0, 0.05) is 44.9 Å². The number of hydrogen-bond donors (Lipinski definition) is 2. The van der Waals surface area contributed by atoms with Gasteiger partial charge in [-0.2, -0.15) is 0 Å². The lowest BCUT2D eigenvalue weighted by molar-refractivity contribution is 0.186. The number of nitrogens with one attached hydrogen (secondary N) is 2. The number of ether oxygens (including phenoxy) is 1. The van der Waals surface area contributed by atoms with Gasteiger partial charge >= 0.3 is 6.03 Å². The minimum absolute atomic E-state index is 0.274. The molecule has 0 bridgehead atoms. The average Bonchev–Trinajstić information content (AvgIpc) is 3.29. The van der Waals surface area contributed by atoms with Crippen molar-refractivity contribution >= 4 is 11.7 Å². The highest BCUT2D eigenvalue weighted by Gasteiger charge is 2.07. The fraction of sp³-hybridized carbons (Fsp3) is 0.353. The number of anilines is 1. The van der Waals surface area contributed by atoms with Crippen LogP contribution in [0.25, 0.3) is 11.4 Å². The Bertz CT molecular complexity index is 871. The summed E-state index contributed by atoms with van der Waals surface area (Å²) in [6.45, 7) is 1.72. The fourth-order valence-electron chi connectivity index (χ4n) is 2.56. The molecular weight excluding hydrogens is 348 g/mol. The number of urea groups is 1. The van der Waals surface area contributed by atoms with Crippen LogP contribution < -0.4 is 10.6 Å². The van der Waals surface area contributed by atoms with Crippen LogP contribution in [0, 0.1) is 0 Å². The number of hydrogen-bond acceptors (Lipinski definition) is 6. The number of amides is 2. The Morgan fingerprint density at radius 2 is 1.93 bits per heavy atom. The van der Waals surface area contributed by atoms with E-state index in [0.717, 1.165) is 17.2 Å². The molecule has 0 spiro atoms. The molecule has 10 nitrogen and oxygen atoms in total. The van der Waals surface area contributed by atoms with Crippen molar-refractivity contribution < 1.29 is 9.53 Å². The third-order valence-corrected chi connectivity index (χ3v) is 3.98. The van der Waals surface area contributed by atoms with E-state index in [2.05, 4.69) is 31.0 Å². The normalized spacial score (nSPS) is 10.7. The Hall–Kier alpha value is -3.27. The summed E-state index contributed by atoms with van der Waals surface area (Å²) in [6, 6.07) is 7.15. The Morgan fingerprint density at radius 3 is 2.63 bits per heavy atom. The van der Waals surface area contributed by atoms with Gasteiger partial charge in [-0.05, 0) is 24.3 Å². The summed E-state index contributed by atoms with van der Waals surface area (Å²) < 4.78 is 8.80. The molecule has 27 heavy (non-hydrogen) atoms. The molecule has 0 atom stereocenters. The largest absolute Gasteiger partial charge is 0.383 e. The van der Waals surface area contributed by atoms with Gasteiger partial charge in [-0.15, -0.1) is 20.4 Å². The zero-order chi connectivity index (χ0) is 19.1. The zero-order valence-electron chi connectivity index (χ0n) is 15.3. The van der Waals surface area contributed by atoms with E-state index in [0.29, 0.717) is 31.8 Å². The Morgan fingerprint density at radius 1 is 1.15 bits per heavy atom. The number of benzene rings is 1. The number of carbonyl (C=O) groups is 1. The van der Waals surface area contributed by atoms with Gasteiger partial charge in [0.15, 0.2) is 5.82 Å². The minimum atomic E-state index is -0.274. The second-order valence-electron chi connectivity index (χ2n) is 5.91. The summed E-state index contributed by atoms with van der Waals surface area (Å²) in [5.41, 5.74) is 1.62. The molecule has 1 aromatic carbocycles. The highest BCUT2D eigenvalue weighted by Crippen LogP contribution is 2.18. The number of aromatic nitrogens is 6. The number of methoxy groups -OCH3 is 1. The molecule has 3 rings (SSSR count). The smallest absolute Gasteiger partial charge is 0.319 e.